The van der Waals surface area contributed by atoms with Crippen LogP contribution in [0.1, 0.15) is 26.2 Å². The summed E-state index contributed by atoms with van der Waals surface area (Å²) in [5.74, 6) is 0.778. The number of aliphatic hydroxyl groups is 1. The molecule has 3 nitrogen and oxygen atoms in total. The Labute approximate surface area is 94.1 Å². The fourth-order valence-corrected chi connectivity index (χ4v) is 2.17. The molecule has 0 amide bonds. The molecule has 15 heavy (non-hydrogen) atoms. The van der Waals surface area contributed by atoms with Crippen molar-refractivity contribution in [1.82, 2.24) is 9.80 Å². The van der Waals surface area contributed by atoms with Gasteiger partial charge in [-0.2, -0.15) is 0 Å². The highest BCUT2D eigenvalue weighted by Gasteiger charge is 2.15. The summed E-state index contributed by atoms with van der Waals surface area (Å²) in [5.41, 5.74) is 0. The minimum atomic E-state index is 0.348. The average Bonchev–Trinajstić information content (AvgIpc) is 2.22. The van der Waals surface area contributed by atoms with Crippen molar-refractivity contribution in [2.45, 2.75) is 26.2 Å². The highest BCUT2D eigenvalue weighted by Crippen LogP contribution is 2.11. The Kier molecular flexibility index (Phi) is 6.22. The first-order valence-corrected chi connectivity index (χ1v) is 6.24. The molecule has 1 atom stereocenters. The molecule has 0 aromatic rings. The van der Waals surface area contributed by atoms with Crippen LogP contribution in [0.3, 0.4) is 0 Å². The molecule has 1 rings (SSSR count). The van der Waals surface area contributed by atoms with Crippen LogP contribution in [0.5, 0.6) is 0 Å². The van der Waals surface area contributed by atoms with Gasteiger partial charge in [0.1, 0.15) is 0 Å². The first-order chi connectivity index (χ1) is 7.22. The lowest BCUT2D eigenvalue weighted by atomic mass is 10.0. The van der Waals surface area contributed by atoms with Gasteiger partial charge in [-0.1, -0.05) is 13.3 Å². The summed E-state index contributed by atoms with van der Waals surface area (Å²) in [7, 11) is 2.20. The van der Waals surface area contributed by atoms with E-state index in [9.17, 15) is 0 Å². The molecule has 0 spiro atoms. The molecule has 1 unspecified atom stereocenters. The van der Waals surface area contributed by atoms with E-state index >= 15 is 0 Å². The fourth-order valence-electron chi connectivity index (χ4n) is 2.17. The molecule has 3 heteroatoms. The summed E-state index contributed by atoms with van der Waals surface area (Å²) in [4.78, 5) is 4.97. The number of piperazine rings is 1. The first-order valence-electron chi connectivity index (χ1n) is 6.24. The van der Waals surface area contributed by atoms with E-state index in [4.69, 9.17) is 5.11 Å². The largest absolute Gasteiger partial charge is 0.396 e. The van der Waals surface area contributed by atoms with E-state index in [2.05, 4.69) is 23.8 Å². The lowest BCUT2D eigenvalue weighted by molar-refractivity contribution is 0.136. The summed E-state index contributed by atoms with van der Waals surface area (Å²) in [5, 5.41) is 8.71. The molecule has 0 radical (unpaired) electrons. The molecule has 0 aromatic carbocycles. The maximum atomic E-state index is 8.71. The standard InChI is InChI=1S/C12H26N2O/c1-12(5-3-4-10-15)11-14-8-6-13(2)7-9-14/h12,15H,3-11H2,1-2H3. The van der Waals surface area contributed by atoms with Gasteiger partial charge in [-0.3, -0.25) is 0 Å². The highest BCUT2D eigenvalue weighted by molar-refractivity contribution is 4.71. The predicted molar refractivity (Wildman–Crippen MR) is 64.0 cm³/mol. The Bertz CT molecular complexity index is 156. The van der Waals surface area contributed by atoms with Crippen LogP contribution in [-0.2, 0) is 0 Å². The van der Waals surface area contributed by atoms with E-state index in [-0.39, 0.29) is 0 Å². The van der Waals surface area contributed by atoms with Gasteiger partial charge in [0.15, 0.2) is 0 Å². The van der Waals surface area contributed by atoms with Crippen LogP contribution in [0, 0.1) is 5.92 Å². The van der Waals surface area contributed by atoms with Crippen molar-refractivity contribution in [1.29, 1.82) is 0 Å². The zero-order valence-electron chi connectivity index (χ0n) is 10.3. The molecule has 0 aromatic heterocycles. The molecule has 0 saturated carbocycles. The molecule has 0 bridgehead atoms. The van der Waals surface area contributed by atoms with Crippen LogP contribution in [-0.4, -0.2) is 61.3 Å². The van der Waals surface area contributed by atoms with Crippen molar-refractivity contribution in [3.63, 3.8) is 0 Å². The van der Waals surface area contributed by atoms with Gasteiger partial charge in [-0.05, 0) is 25.8 Å². The van der Waals surface area contributed by atoms with E-state index in [0.29, 0.717) is 6.61 Å². The summed E-state index contributed by atoms with van der Waals surface area (Å²) in [6.45, 7) is 8.78. The molecule has 0 aliphatic carbocycles. The quantitative estimate of drug-likeness (QED) is 0.669. The van der Waals surface area contributed by atoms with Crippen molar-refractivity contribution in [3.8, 4) is 0 Å². The molecule has 1 fully saturated rings. The van der Waals surface area contributed by atoms with Crippen molar-refractivity contribution in [3.05, 3.63) is 0 Å². The molecule has 1 saturated heterocycles. The van der Waals surface area contributed by atoms with Gasteiger partial charge in [0, 0.05) is 39.3 Å². The number of rotatable bonds is 6. The zero-order valence-corrected chi connectivity index (χ0v) is 10.3. The fraction of sp³-hybridized carbons (Fsp3) is 1.00. The lowest BCUT2D eigenvalue weighted by Crippen LogP contribution is -2.45. The van der Waals surface area contributed by atoms with Gasteiger partial charge in [0.2, 0.25) is 0 Å². The Balaban J connectivity index is 2.06. The minimum Gasteiger partial charge on any atom is -0.396 e. The monoisotopic (exact) mass is 214 g/mol. The Morgan fingerprint density at radius 1 is 1.13 bits per heavy atom. The van der Waals surface area contributed by atoms with E-state index in [1.165, 1.54) is 45.6 Å². The maximum absolute atomic E-state index is 8.71. The normalized spacial score (nSPS) is 21.8. The van der Waals surface area contributed by atoms with E-state index < -0.39 is 0 Å². The molecule has 1 N–H and O–H groups in total. The third kappa shape index (κ3) is 5.50. The summed E-state index contributed by atoms with van der Waals surface area (Å²) in [6, 6.07) is 0. The van der Waals surface area contributed by atoms with Crippen LogP contribution in [0.15, 0.2) is 0 Å². The smallest absolute Gasteiger partial charge is 0.0431 e. The second-order valence-electron chi connectivity index (χ2n) is 4.93. The molecular weight excluding hydrogens is 188 g/mol. The van der Waals surface area contributed by atoms with E-state index in [1.807, 2.05) is 0 Å². The lowest BCUT2D eigenvalue weighted by Gasteiger charge is -2.33. The number of unbranched alkanes of at least 4 members (excludes halogenated alkanes) is 1. The molecule has 1 heterocycles. The highest BCUT2D eigenvalue weighted by atomic mass is 16.2. The molecule has 90 valence electrons. The number of aliphatic hydroxyl groups excluding tert-OH is 1. The molecule has 1 aliphatic rings. The van der Waals surface area contributed by atoms with Crippen molar-refractivity contribution in [2.24, 2.45) is 5.92 Å². The predicted octanol–water partition coefficient (Wildman–Crippen LogP) is 1.03. The average molecular weight is 214 g/mol. The third-order valence-corrected chi connectivity index (χ3v) is 3.27. The van der Waals surface area contributed by atoms with Gasteiger partial charge < -0.3 is 14.9 Å². The number of hydrogen-bond acceptors (Lipinski definition) is 3. The summed E-state index contributed by atoms with van der Waals surface area (Å²) >= 11 is 0. The molecule has 1 aliphatic heterocycles. The Morgan fingerprint density at radius 2 is 1.80 bits per heavy atom. The minimum absolute atomic E-state index is 0.348. The number of hydrogen-bond donors (Lipinski definition) is 1. The number of nitrogens with zero attached hydrogens (tertiary/aromatic N) is 2. The zero-order chi connectivity index (χ0) is 11.1. The summed E-state index contributed by atoms with van der Waals surface area (Å²) < 4.78 is 0. The van der Waals surface area contributed by atoms with Crippen molar-refractivity contribution < 1.29 is 5.11 Å². The van der Waals surface area contributed by atoms with Gasteiger partial charge in [-0.25, -0.2) is 0 Å². The van der Waals surface area contributed by atoms with Gasteiger partial charge in [0.05, 0.1) is 0 Å². The van der Waals surface area contributed by atoms with Crippen LogP contribution in [0.25, 0.3) is 0 Å². The number of likely N-dealkylation sites (N-methyl/N-ethyl adjacent to an activating group) is 1. The van der Waals surface area contributed by atoms with Gasteiger partial charge in [-0.15, -0.1) is 0 Å². The second-order valence-corrected chi connectivity index (χ2v) is 4.93. The topological polar surface area (TPSA) is 26.7 Å². The summed E-state index contributed by atoms with van der Waals surface area (Å²) in [6.07, 6.45) is 3.39. The van der Waals surface area contributed by atoms with Crippen LogP contribution >= 0.6 is 0 Å². The van der Waals surface area contributed by atoms with Crippen molar-refractivity contribution >= 4 is 0 Å². The molecular formula is C12H26N2O. The van der Waals surface area contributed by atoms with Crippen LogP contribution in [0.2, 0.25) is 0 Å². The van der Waals surface area contributed by atoms with E-state index in [0.717, 1.165) is 12.3 Å². The van der Waals surface area contributed by atoms with Crippen molar-refractivity contribution in [2.75, 3.05) is 46.4 Å². The maximum Gasteiger partial charge on any atom is 0.0431 e. The first kappa shape index (κ1) is 12.9. The second kappa shape index (κ2) is 7.20. The Morgan fingerprint density at radius 3 is 2.40 bits per heavy atom. The Hall–Kier alpha value is -0.120. The SMILES string of the molecule is CC(CCCCO)CN1CCN(C)CC1. The van der Waals surface area contributed by atoms with Gasteiger partial charge in [0.25, 0.3) is 0 Å². The van der Waals surface area contributed by atoms with E-state index in [1.54, 1.807) is 0 Å². The van der Waals surface area contributed by atoms with Crippen LogP contribution in [0.4, 0.5) is 0 Å². The third-order valence-electron chi connectivity index (χ3n) is 3.27. The van der Waals surface area contributed by atoms with Crippen LogP contribution < -0.4 is 0 Å². The van der Waals surface area contributed by atoms with Gasteiger partial charge >= 0.3 is 0 Å².